The molecule has 0 radical (unpaired) electrons. The van der Waals surface area contributed by atoms with E-state index in [0.29, 0.717) is 12.2 Å². The molecule has 19 heavy (non-hydrogen) atoms. The van der Waals surface area contributed by atoms with Crippen LogP contribution in [0.2, 0.25) is 5.02 Å². The van der Waals surface area contributed by atoms with Crippen LogP contribution in [-0.4, -0.2) is 23.0 Å². The summed E-state index contributed by atoms with van der Waals surface area (Å²) in [5.41, 5.74) is -0.198. The highest BCUT2D eigenvalue weighted by Crippen LogP contribution is 2.28. The summed E-state index contributed by atoms with van der Waals surface area (Å²) in [5.74, 6) is -0.603. The van der Waals surface area contributed by atoms with Gasteiger partial charge in [0.2, 0.25) is 0 Å². The Labute approximate surface area is 118 Å². The molecule has 0 saturated heterocycles. The molecular weight excluding hydrogens is 268 g/mol. The Morgan fingerprint density at radius 3 is 2.47 bits per heavy atom. The van der Waals surface area contributed by atoms with E-state index in [0.717, 1.165) is 0 Å². The van der Waals surface area contributed by atoms with Crippen LogP contribution in [-0.2, 0) is 4.74 Å². The molecule has 5 heteroatoms. The van der Waals surface area contributed by atoms with Crippen molar-refractivity contribution in [2.75, 3.05) is 0 Å². The van der Waals surface area contributed by atoms with Gasteiger partial charge in [0.15, 0.2) is 6.29 Å². The van der Waals surface area contributed by atoms with E-state index in [4.69, 9.17) is 26.2 Å². The van der Waals surface area contributed by atoms with Gasteiger partial charge < -0.3 is 14.6 Å². The number of rotatable bonds is 5. The van der Waals surface area contributed by atoms with Crippen LogP contribution in [0.3, 0.4) is 0 Å². The SMILES string of the molecule is CCC(Oc1ccc(C(=O)O)cc1Cl)OC(C)(C)C. The van der Waals surface area contributed by atoms with E-state index >= 15 is 0 Å². The third kappa shape index (κ3) is 5.09. The van der Waals surface area contributed by atoms with Crippen LogP contribution in [0.5, 0.6) is 5.75 Å². The van der Waals surface area contributed by atoms with E-state index in [1.165, 1.54) is 12.1 Å². The molecule has 0 fully saturated rings. The molecule has 0 saturated carbocycles. The van der Waals surface area contributed by atoms with Crippen molar-refractivity contribution >= 4 is 17.6 Å². The minimum absolute atomic E-state index is 0.127. The topological polar surface area (TPSA) is 55.8 Å². The number of ether oxygens (including phenoxy) is 2. The number of benzene rings is 1. The molecule has 0 aliphatic carbocycles. The molecule has 0 aliphatic rings. The first-order chi connectivity index (χ1) is 8.73. The van der Waals surface area contributed by atoms with Gasteiger partial charge >= 0.3 is 5.97 Å². The van der Waals surface area contributed by atoms with Gasteiger partial charge in [0.05, 0.1) is 16.2 Å². The third-order valence-corrected chi connectivity index (χ3v) is 2.55. The van der Waals surface area contributed by atoms with Crippen molar-refractivity contribution < 1.29 is 19.4 Å². The van der Waals surface area contributed by atoms with Gasteiger partial charge in [-0.3, -0.25) is 0 Å². The zero-order valence-corrected chi connectivity index (χ0v) is 12.3. The summed E-state index contributed by atoms with van der Waals surface area (Å²) >= 11 is 6.00. The lowest BCUT2D eigenvalue weighted by atomic mass is 10.2. The van der Waals surface area contributed by atoms with Crippen LogP contribution in [0.25, 0.3) is 0 Å². The van der Waals surface area contributed by atoms with Gasteiger partial charge in [-0.2, -0.15) is 0 Å². The van der Waals surface area contributed by atoms with Gasteiger partial charge in [0.25, 0.3) is 0 Å². The van der Waals surface area contributed by atoms with Crippen molar-refractivity contribution in [1.29, 1.82) is 0 Å². The molecule has 0 heterocycles. The third-order valence-electron chi connectivity index (χ3n) is 2.26. The summed E-state index contributed by atoms with van der Waals surface area (Å²) in [6.07, 6.45) is 0.238. The van der Waals surface area contributed by atoms with E-state index in [9.17, 15) is 4.79 Å². The molecule has 1 rings (SSSR count). The summed E-state index contributed by atoms with van der Waals surface area (Å²) < 4.78 is 11.4. The van der Waals surface area contributed by atoms with Crippen molar-refractivity contribution in [3.63, 3.8) is 0 Å². The maximum Gasteiger partial charge on any atom is 0.335 e. The smallest absolute Gasteiger partial charge is 0.335 e. The van der Waals surface area contributed by atoms with Gasteiger partial charge in [0, 0.05) is 6.42 Å². The molecule has 4 nitrogen and oxygen atoms in total. The average Bonchev–Trinajstić information content (AvgIpc) is 2.28. The molecule has 1 atom stereocenters. The first-order valence-electron chi connectivity index (χ1n) is 6.10. The molecule has 0 bridgehead atoms. The molecule has 1 aromatic rings. The first kappa shape index (κ1) is 15.8. The number of aromatic carboxylic acids is 1. The second kappa shape index (κ2) is 6.26. The highest BCUT2D eigenvalue weighted by molar-refractivity contribution is 6.32. The van der Waals surface area contributed by atoms with Crippen LogP contribution in [0, 0.1) is 0 Å². The molecule has 1 N–H and O–H groups in total. The fraction of sp³-hybridized carbons (Fsp3) is 0.500. The molecule has 1 aromatic carbocycles. The second-order valence-corrected chi connectivity index (χ2v) is 5.54. The number of halogens is 1. The fourth-order valence-corrected chi connectivity index (χ4v) is 1.68. The lowest BCUT2D eigenvalue weighted by Gasteiger charge is -2.27. The van der Waals surface area contributed by atoms with Crippen molar-refractivity contribution in [2.45, 2.75) is 46.0 Å². The Morgan fingerprint density at radius 2 is 2.05 bits per heavy atom. The summed E-state index contributed by atoms with van der Waals surface area (Å²) in [6.45, 7) is 7.76. The van der Waals surface area contributed by atoms with Crippen LogP contribution in [0.1, 0.15) is 44.5 Å². The Kier molecular flexibility index (Phi) is 5.20. The van der Waals surface area contributed by atoms with Crippen molar-refractivity contribution in [3.05, 3.63) is 28.8 Å². The highest BCUT2D eigenvalue weighted by atomic mass is 35.5. The number of hydrogen-bond donors (Lipinski definition) is 1. The van der Waals surface area contributed by atoms with Gasteiger partial charge in [-0.1, -0.05) is 18.5 Å². The molecular formula is C14H19ClO4. The fourth-order valence-electron chi connectivity index (χ4n) is 1.46. The molecule has 0 amide bonds. The molecule has 1 unspecified atom stereocenters. The van der Waals surface area contributed by atoms with Gasteiger partial charge in [-0.25, -0.2) is 4.79 Å². The van der Waals surface area contributed by atoms with E-state index in [-0.39, 0.29) is 16.2 Å². The Bertz CT molecular complexity index is 451. The largest absolute Gasteiger partial charge is 0.478 e. The summed E-state index contributed by atoms with van der Waals surface area (Å²) in [7, 11) is 0. The Morgan fingerprint density at radius 1 is 1.42 bits per heavy atom. The first-order valence-corrected chi connectivity index (χ1v) is 6.48. The number of carboxylic acid groups (broad SMARTS) is 1. The zero-order valence-electron chi connectivity index (χ0n) is 11.6. The Hall–Kier alpha value is -1.26. The quantitative estimate of drug-likeness (QED) is 0.832. The maximum atomic E-state index is 10.8. The molecule has 106 valence electrons. The van der Waals surface area contributed by atoms with E-state index in [2.05, 4.69) is 0 Å². The highest BCUT2D eigenvalue weighted by Gasteiger charge is 2.20. The number of hydrogen-bond acceptors (Lipinski definition) is 3. The van der Waals surface area contributed by atoms with E-state index in [1.807, 2.05) is 27.7 Å². The van der Waals surface area contributed by atoms with E-state index in [1.54, 1.807) is 6.07 Å². The van der Waals surface area contributed by atoms with Gasteiger partial charge in [-0.05, 0) is 39.0 Å². The molecule has 0 aromatic heterocycles. The maximum absolute atomic E-state index is 10.8. The predicted octanol–water partition coefficient (Wildman–Crippen LogP) is 3.97. The molecule has 0 aliphatic heterocycles. The monoisotopic (exact) mass is 286 g/mol. The van der Waals surface area contributed by atoms with Crippen LogP contribution in [0.4, 0.5) is 0 Å². The summed E-state index contributed by atoms with van der Waals surface area (Å²) in [6, 6.07) is 4.36. The van der Waals surface area contributed by atoms with E-state index < -0.39 is 12.3 Å². The number of carbonyl (C=O) groups is 1. The van der Waals surface area contributed by atoms with Crippen LogP contribution in [0.15, 0.2) is 18.2 Å². The minimum atomic E-state index is -1.02. The average molecular weight is 287 g/mol. The standard InChI is InChI=1S/C14H19ClO4/c1-5-12(19-14(2,3)4)18-11-7-6-9(13(16)17)8-10(11)15/h6-8,12H,5H2,1-4H3,(H,16,17). The number of carboxylic acids is 1. The van der Waals surface area contributed by atoms with Crippen molar-refractivity contribution in [3.8, 4) is 5.75 Å². The lowest BCUT2D eigenvalue weighted by Crippen LogP contribution is -2.31. The summed E-state index contributed by atoms with van der Waals surface area (Å²) in [4.78, 5) is 10.8. The van der Waals surface area contributed by atoms with Gasteiger partial charge in [0.1, 0.15) is 5.75 Å². The zero-order chi connectivity index (χ0) is 14.6. The molecule has 0 spiro atoms. The minimum Gasteiger partial charge on any atom is -0.478 e. The normalized spacial score (nSPS) is 13.1. The van der Waals surface area contributed by atoms with Crippen LogP contribution >= 0.6 is 11.6 Å². The second-order valence-electron chi connectivity index (χ2n) is 5.14. The van der Waals surface area contributed by atoms with Crippen molar-refractivity contribution in [2.24, 2.45) is 0 Å². The Balaban J connectivity index is 2.83. The summed E-state index contributed by atoms with van der Waals surface area (Å²) in [5, 5.41) is 9.12. The van der Waals surface area contributed by atoms with Gasteiger partial charge in [-0.15, -0.1) is 0 Å². The van der Waals surface area contributed by atoms with Crippen molar-refractivity contribution in [1.82, 2.24) is 0 Å². The predicted molar refractivity (Wildman–Crippen MR) is 74.0 cm³/mol. The van der Waals surface area contributed by atoms with Crippen LogP contribution < -0.4 is 4.74 Å². The lowest BCUT2D eigenvalue weighted by molar-refractivity contribution is -0.151.